The second-order valence-corrected chi connectivity index (χ2v) is 4.31. The molecule has 2 N–H and O–H groups in total. The predicted molar refractivity (Wildman–Crippen MR) is 53.2 cm³/mol. The van der Waals surface area contributed by atoms with E-state index in [1.54, 1.807) is 6.07 Å². The van der Waals surface area contributed by atoms with E-state index in [2.05, 4.69) is 0 Å². The fourth-order valence-corrected chi connectivity index (χ4v) is 2.58. The summed E-state index contributed by atoms with van der Waals surface area (Å²) < 4.78 is 0. The second kappa shape index (κ2) is 3.31. The van der Waals surface area contributed by atoms with Crippen molar-refractivity contribution in [3.8, 4) is 0 Å². The average Bonchev–Trinajstić information content (AvgIpc) is 2.75. The number of rotatable bonds is 2. The van der Waals surface area contributed by atoms with Gasteiger partial charge in [-0.05, 0) is 23.6 Å². The third kappa shape index (κ3) is 1.32. The Morgan fingerprint density at radius 1 is 1.57 bits per heavy atom. The molecule has 0 fully saturated rings. The molecule has 1 heterocycles. The van der Waals surface area contributed by atoms with E-state index in [4.69, 9.17) is 5.11 Å². The van der Waals surface area contributed by atoms with Gasteiger partial charge in [0.25, 0.3) is 0 Å². The smallest absolute Gasteiger partial charge is 0.167 e. The van der Waals surface area contributed by atoms with E-state index >= 15 is 0 Å². The first kappa shape index (κ1) is 9.58. The van der Waals surface area contributed by atoms with Crippen LogP contribution in [0.2, 0.25) is 0 Å². The van der Waals surface area contributed by atoms with E-state index < -0.39 is 18.1 Å². The molecule has 2 rings (SSSR count). The Morgan fingerprint density at radius 2 is 2.36 bits per heavy atom. The van der Waals surface area contributed by atoms with Crippen LogP contribution in [0.1, 0.15) is 10.8 Å². The zero-order chi connectivity index (χ0) is 10.2. The zero-order valence-corrected chi connectivity index (χ0v) is 8.20. The summed E-state index contributed by atoms with van der Waals surface area (Å²) in [5, 5.41) is 20.9. The van der Waals surface area contributed by atoms with Gasteiger partial charge in [0.15, 0.2) is 5.78 Å². The van der Waals surface area contributed by atoms with Gasteiger partial charge in [0.2, 0.25) is 0 Å². The summed E-state index contributed by atoms with van der Waals surface area (Å²) in [6.45, 7) is -0.433. The number of thiophene rings is 1. The average molecular weight is 210 g/mol. The zero-order valence-electron chi connectivity index (χ0n) is 7.38. The largest absolute Gasteiger partial charge is 0.393 e. The van der Waals surface area contributed by atoms with Gasteiger partial charge in [-0.25, -0.2) is 0 Å². The van der Waals surface area contributed by atoms with E-state index in [9.17, 15) is 9.90 Å². The lowest BCUT2D eigenvalue weighted by molar-refractivity contribution is -0.119. The van der Waals surface area contributed by atoms with Crippen molar-refractivity contribution in [2.75, 3.05) is 6.61 Å². The highest BCUT2D eigenvalue weighted by Gasteiger charge is 2.43. The molecule has 0 amide bonds. The fourth-order valence-electron chi connectivity index (χ4n) is 1.65. The number of hydrogen-bond donors (Lipinski definition) is 2. The predicted octanol–water partition coefficient (Wildman–Crippen LogP) is 0.694. The number of aliphatic hydroxyl groups excluding tert-OH is 1. The molecule has 1 aliphatic carbocycles. The van der Waals surface area contributed by atoms with Crippen molar-refractivity contribution in [1.29, 1.82) is 0 Å². The van der Waals surface area contributed by atoms with Gasteiger partial charge in [-0.1, -0.05) is 6.07 Å². The molecule has 0 aliphatic heterocycles. The molecule has 1 aromatic rings. The van der Waals surface area contributed by atoms with Crippen molar-refractivity contribution in [3.05, 3.63) is 34.5 Å². The summed E-state index contributed by atoms with van der Waals surface area (Å²) in [5.74, 6) is -0.781. The summed E-state index contributed by atoms with van der Waals surface area (Å²) in [7, 11) is 0. The Labute approximate surface area is 85.3 Å². The van der Waals surface area contributed by atoms with E-state index in [1.807, 2.05) is 11.4 Å². The van der Waals surface area contributed by atoms with Gasteiger partial charge < -0.3 is 10.2 Å². The van der Waals surface area contributed by atoms with Gasteiger partial charge in [0.1, 0.15) is 5.60 Å². The highest BCUT2D eigenvalue weighted by atomic mass is 32.1. The maximum atomic E-state index is 11.5. The van der Waals surface area contributed by atoms with Gasteiger partial charge >= 0.3 is 0 Å². The Hall–Kier alpha value is -0.970. The van der Waals surface area contributed by atoms with Crippen molar-refractivity contribution in [1.82, 2.24) is 0 Å². The van der Waals surface area contributed by atoms with Crippen LogP contribution in [0.5, 0.6) is 0 Å². The van der Waals surface area contributed by atoms with E-state index in [0.717, 1.165) is 4.88 Å². The van der Waals surface area contributed by atoms with E-state index in [-0.39, 0.29) is 5.78 Å². The van der Waals surface area contributed by atoms with Crippen LogP contribution in [-0.2, 0) is 4.79 Å². The molecular weight excluding hydrogens is 200 g/mol. The molecule has 74 valence electrons. The first-order valence-corrected chi connectivity index (χ1v) is 5.15. The van der Waals surface area contributed by atoms with Crippen LogP contribution in [0.4, 0.5) is 0 Å². The minimum atomic E-state index is -1.41. The van der Waals surface area contributed by atoms with Gasteiger partial charge in [-0.2, -0.15) is 0 Å². The Balaban J connectivity index is 2.39. The molecule has 0 radical (unpaired) electrons. The molecule has 0 saturated heterocycles. The molecule has 1 aliphatic rings. The molecule has 4 heteroatoms. The maximum Gasteiger partial charge on any atom is 0.167 e. The number of aliphatic hydroxyl groups is 2. The maximum absolute atomic E-state index is 11.5. The molecule has 0 saturated carbocycles. The highest BCUT2D eigenvalue weighted by Crippen LogP contribution is 2.37. The third-order valence-electron chi connectivity index (χ3n) is 2.40. The van der Waals surface area contributed by atoms with E-state index in [1.165, 1.54) is 23.5 Å². The summed E-state index contributed by atoms with van der Waals surface area (Å²) >= 11 is 1.41. The monoisotopic (exact) mass is 210 g/mol. The van der Waals surface area contributed by atoms with Crippen LogP contribution in [-0.4, -0.2) is 28.2 Å². The molecule has 14 heavy (non-hydrogen) atoms. The fraction of sp³-hybridized carbons (Fsp3) is 0.300. The lowest BCUT2D eigenvalue weighted by Gasteiger charge is -2.24. The van der Waals surface area contributed by atoms with Crippen LogP contribution in [0, 0.1) is 0 Å². The normalized spacial score (nSPS) is 31.3. The number of ketones is 1. The van der Waals surface area contributed by atoms with Crippen LogP contribution in [0.3, 0.4) is 0 Å². The van der Waals surface area contributed by atoms with Crippen LogP contribution in [0.15, 0.2) is 29.7 Å². The van der Waals surface area contributed by atoms with Crippen molar-refractivity contribution in [3.63, 3.8) is 0 Å². The summed E-state index contributed by atoms with van der Waals surface area (Å²) in [6.07, 6.45) is 2.71. The topological polar surface area (TPSA) is 57.5 Å². The van der Waals surface area contributed by atoms with E-state index in [0.29, 0.717) is 0 Å². The SMILES string of the molecule is O=C1C=C[C@@](O)(CO)[C@H]1c1cccs1. The first-order chi connectivity index (χ1) is 6.67. The molecule has 0 bridgehead atoms. The van der Waals surface area contributed by atoms with Gasteiger partial charge in [0, 0.05) is 4.88 Å². The van der Waals surface area contributed by atoms with Gasteiger partial charge in [-0.15, -0.1) is 11.3 Å². The quantitative estimate of drug-likeness (QED) is 0.755. The second-order valence-electron chi connectivity index (χ2n) is 3.33. The van der Waals surface area contributed by atoms with Gasteiger partial charge in [-0.3, -0.25) is 4.79 Å². The molecule has 0 spiro atoms. The minimum absolute atomic E-state index is 0.149. The molecule has 1 aromatic heterocycles. The molecular formula is C10H10O3S. The summed E-state index contributed by atoms with van der Waals surface area (Å²) in [6, 6.07) is 3.62. The van der Waals surface area contributed by atoms with Crippen LogP contribution in [0.25, 0.3) is 0 Å². The van der Waals surface area contributed by atoms with Crippen molar-refractivity contribution in [2.24, 2.45) is 0 Å². The van der Waals surface area contributed by atoms with Crippen LogP contribution >= 0.6 is 11.3 Å². The Kier molecular flexibility index (Phi) is 2.26. The molecule has 0 aromatic carbocycles. The number of hydrogen-bond acceptors (Lipinski definition) is 4. The van der Waals surface area contributed by atoms with Crippen LogP contribution < -0.4 is 0 Å². The number of allylic oxidation sites excluding steroid dienone is 1. The van der Waals surface area contributed by atoms with Gasteiger partial charge in [0.05, 0.1) is 12.5 Å². The Bertz CT molecular complexity index is 369. The van der Waals surface area contributed by atoms with Crippen molar-refractivity contribution >= 4 is 17.1 Å². The molecule has 2 atom stereocenters. The lowest BCUT2D eigenvalue weighted by atomic mass is 9.89. The molecule has 3 nitrogen and oxygen atoms in total. The third-order valence-corrected chi connectivity index (χ3v) is 3.34. The standard InChI is InChI=1S/C10H10O3S/c11-6-10(13)4-3-7(12)9(10)8-2-1-5-14-8/h1-5,9,11,13H,6H2/t9-,10-/m1/s1. The van der Waals surface area contributed by atoms with Crippen molar-refractivity contribution in [2.45, 2.75) is 11.5 Å². The first-order valence-electron chi connectivity index (χ1n) is 4.27. The highest BCUT2D eigenvalue weighted by molar-refractivity contribution is 7.10. The summed E-state index contributed by atoms with van der Waals surface area (Å²) in [5.41, 5.74) is -1.41. The molecule has 0 unspecified atom stereocenters. The lowest BCUT2D eigenvalue weighted by Crippen LogP contribution is -2.37. The minimum Gasteiger partial charge on any atom is -0.393 e. The van der Waals surface area contributed by atoms with Crippen molar-refractivity contribution < 1.29 is 15.0 Å². The summed E-state index contributed by atoms with van der Waals surface area (Å²) in [4.78, 5) is 12.3. The Morgan fingerprint density at radius 3 is 2.93 bits per heavy atom. The number of carbonyl (C=O) groups is 1. The number of carbonyl (C=O) groups excluding carboxylic acids is 1.